The van der Waals surface area contributed by atoms with Crippen LogP contribution in [0.2, 0.25) is 0 Å². The first-order valence-electron chi connectivity index (χ1n) is 7.75. The summed E-state index contributed by atoms with van der Waals surface area (Å²) >= 11 is 0. The monoisotopic (exact) mass is 300 g/mol. The van der Waals surface area contributed by atoms with Gasteiger partial charge in [-0.15, -0.1) is 0 Å². The maximum Gasteiger partial charge on any atom is 0.254 e. The number of piperidine rings is 1. The fourth-order valence-electron chi connectivity index (χ4n) is 3.16. The molecule has 1 aromatic carbocycles. The molecule has 0 aliphatic carbocycles. The third-order valence-corrected chi connectivity index (χ3v) is 4.50. The molecule has 1 aromatic rings. The Labute approximate surface area is 129 Å². The molecule has 1 saturated heterocycles. The van der Waals surface area contributed by atoms with Gasteiger partial charge in [0.25, 0.3) is 5.91 Å². The Balaban J connectivity index is 1.85. The van der Waals surface area contributed by atoms with Crippen LogP contribution in [-0.2, 0) is 16.0 Å². The Kier molecular flexibility index (Phi) is 3.72. The van der Waals surface area contributed by atoms with Gasteiger partial charge in [-0.05, 0) is 36.0 Å². The molecule has 1 atom stereocenters. The van der Waals surface area contributed by atoms with Crippen LogP contribution in [0, 0.1) is 0 Å². The molecule has 0 spiro atoms. The van der Waals surface area contributed by atoms with Crippen LogP contribution < -0.4 is 5.32 Å². The zero-order valence-corrected chi connectivity index (χ0v) is 12.9. The molecule has 1 unspecified atom stereocenters. The second-order valence-electron chi connectivity index (χ2n) is 6.29. The lowest BCUT2D eigenvalue weighted by atomic mass is 9.91. The molecule has 5 heteroatoms. The van der Waals surface area contributed by atoms with Crippen LogP contribution in [0.4, 0.5) is 0 Å². The highest BCUT2D eigenvalue weighted by Crippen LogP contribution is 2.26. The second-order valence-corrected chi connectivity index (χ2v) is 6.29. The normalized spacial score (nSPS) is 21.9. The maximum absolute atomic E-state index is 12.7. The molecule has 3 rings (SSSR count). The van der Waals surface area contributed by atoms with Gasteiger partial charge >= 0.3 is 0 Å². The van der Waals surface area contributed by atoms with Crippen LogP contribution in [0.15, 0.2) is 18.2 Å². The predicted octanol–water partition coefficient (Wildman–Crippen LogP) is 1.61. The van der Waals surface area contributed by atoms with E-state index in [9.17, 15) is 14.4 Å². The molecule has 3 amide bonds. The minimum absolute atomic E-state index is 0.106. The van der Waals surface area contributed by atoms with Crippen molar-refractivity contribution >= 4 is 17.7 Å². The number of amides is 3. The highest BCUT2D eigenvalue weighted by molar-refractivity contribution is 6.04. The number of benzene rings is 1. The molecule has 2 aliphatic rings. The summed E-state index contributed by atoms with van der Waals surface area (Å²) < 4.78 is 0. The van der Waals surface area contributed by atoms with Gasteiger partial charge in [-0.25, -0.2) is 0 Å². The quantitative estimate of drug-likeness (QED) is 0.844. The molecular formula is C17H20N2O3. The van der Waals surface area contributed by atoms with Crippen molar-refractivity contribution in [1.29, 1.82) is 0 Å². The molecule has 2 aliphatic heterocycles. The van der Waals surface area contributed by atoms with Gasteiger partial charge < -0.3 is 4.90 Å². The van der Waals surface area contributed by atoms with Gasteiger partial charge in [-0.1, -0.05) is 26.0 Å². The number of hydrogen-bond donors (Lipinski definition) is 1. The van der Waals surface area contributed by atoms with Crippen LogP contribution in [0.5, 0.6) is 0 Å². The molecular weight excluding hydrogens is 280 g/mol. The van der Waals surface area contributed by atoms with E-state index in [-0.39, 0.29) is 17.7 Å². The van der Waals surface area contributed by atoms with Gasteiger partial charge in [0.05, 0.1) is 0 Å². The highest BCUT2D eigenvalue weighted by atomic mass is 16.2. The van der Waals surface area contributed by atoms with Crippen molar-refractivity contribution in [3.63, 3.8) is 0 Å². The number of fused-ring (bicyclic) bond motifs is 1. The first-order chi connectivity index (χ1) is 10.5. The van der Waals surface area contributed by atoms with Crippen molar-refractivity contribution in [3.8, 4) is 0 Å². The van der Waals surface area contributed by atoms with Crippen LogP contribution in [0.25, 0.3) is 0 Å². The van der Waals surface area contributed by atoms with E-state index in [0.29, 0.717) is 30.9 Å². The topological polar surface area (TPSA) is 66.5 Å². The van der Waals surface area contributed by atoms with E-state index in [4.69, 9.17) is 0 Å². The molecule has 0 aromatic heterocycles. The van der Waals surface area contributed by atoms with E-state index >= 15 is 0 Å². The van der Waals surface area contributed by atoms with E-state index in [2.05, 4.69) is 25.2 Å². The number of carbonyl (C=O) groups excluding carboxylic acids is 3. The van der Waals surface area contributed by atoms with Crippen molar-refractivity contribution in [3.05, 3.63) is 34.9 Å². The van der Waals surface area contributed by atoms with E-state index in [0.717, 1.165) is 12.0 Å². The van der Waals surface area contributed by atoms with Crippen molar-refractivity contribution in [2.24, 2.45) is 0 Å². The average molecular weight is 300 g/mol. The van der Waals surface area contributed by atoms with Crippen molar-refractivity contribution < 1.29 is 14.4 Å². The summed E-state index contributed by atoms with van der Waals surface area (Å²) in [4.78, 5) is 37.5. The Morgan fingerprint density at radius 3 is 2.64 bits per heavy atom. The fraction of sp³-hybridized carbons (Fsp3) is 0.471. The van der Waals surface area contributed by atoms with Crippen LogP contribution >= 0.6 is 0 Å². The summed E-state index contributed by atoms with van der Waals surface area (Å²) in [5, 5.41) is 2.32. The van der Waals surface area contributed by atoms with Crippen molar-refractivity contribution in [2.45, 2.75) is 45.1 Å². The summed E-state index contributed by atoms with van der Waals surface area (Å²) in [7, 11) is 0. The van der Waals surface area contributed by atoms with Crippen molar-refractivity contribution in [1.82, 2.24) is 10.2 Å². The predicted molar refractivity (Wildman–Crippen MR) is 81.4 cm³/mol. The fourth-order valence-corrected chi connectivity index (χ4v) is 3.16. The average Bonchev–Trinajstić information content (AvgIpc) is 2.48. The van der Waals surface area contributed by atoms with Gasteiger partial charge in [-0.2, -0.15) is 0 Å². The molecule has 116 valence electrons. The minimum Gasteiger partial charge on any atom is -0.326 e. The Morgan fingerprint density at radius 2 is 1.95 bits per heavy atom. The molecule has 5 nitrogen and oxygen atoms in total. The number of hydrogen-bond acceptors (Lipinski definition) is 3. The summed E-state index contributed by atoms with van der Waals surface area (Å²) in [6.07, 6.45) is 1.45. The highest BCUT2D eigenvalue weighted by Gasteiger charge is 2.37. The van der Waals surface area contributed by atoms with Gasteiger partial charge in [0.1, 0.15) is 6.04 Å². The van der Waals surface area contributed by atoms with E-state index in [1.807, 2.05) is 12.1 Å². The van der Waals surface area contributed by atoms with Crippen LogP contribution in [-0.4, -0.2) is 35.2 Å². The lowest BCUT2D eigenvalue weighted by Gasteiger charge is -2.36. The van der Waals surface area contributed by atoms with Gasteiger partial charge in [0, 0.05) is 18.5 Å². The van der Waals surface area contributed by atoms with Crippen LogP contribution in [0.1, 0.15) is 54.1 Å². The third-order valence-electron chi connectivity index (χ3n) is 4.50. The Bertz CT molecular complexity index is 651. The smallest absolute Gasteiger partial charge is 0.254 e. The number of nitrogens with zero attached hydrogens (tertiary/aromatic N) is 1. The third kappa shape index (κ3) is 2.51. The molecule has 1 N–H and O–H groups in total. The van der Waals surface area contributed by atoms with E-state index in [1.54, 1.807) is 4.90 Å². The number of nitrogens with one attached hydrogen (secondary N) is 1. The van der Waals surface area contributed by atoms with Crippen molar-refractivity contribution in [2.75, 3.05) is 6.54 Å². The summed E-state index contributed by atoms with van der Waals surface area (Å²) in [5.74, 6) is -0.292. The largest absolute Gasteiger partial charge is 0.326 e. The minimum atomic E-state index is -0.525. The summed E-state index contributed by atoms with van der Waals surface area (Å²) in [6, 6.07) is 5.42. The molecule has 22 heavy (non-hydrogen) atoms. The zero-order chi connectivity index (χ0) is 15.9. The first kappa shape index (κ1) is 14.8. The SMILES string of the molecule is CC(C)c1ccc2c(c1)CCN(C1CCC(=O)NC1=O)C2=O. The van der Waals surface area contributed by atoms with E-state index < -0.39 is 6.04 Å². The zero-order valence-electron chi connectivity index (χ0n) is 12.9. The molecule has 2 heterocycles. The summed E-state index contributed by atoms with van der Waals surface area (Å²) in [6.45, 7) is 4.78. The standard InChI is InChI=1S/C17H20N2O3/c1-10(2)11-3-4-13-12(9-11)7-8-19(17(13)22)14-5-6-15(20)18-16(14)21/h3-4,9-10,14H,5-8H2,1-2H3,(H,18,20,21). The van der Waals surface area contributed by atoms with E-state index in [1.165, 1.54) is 5.56 Å². The van der Waals surface area contributed by atoms with Gasteiger partial charge in [-0.3, -0.25) is 19.7 Å². The second kappa shape index (κ2) is 5.55. The number of imide groups is 1. The Morgan fingerprint density at radius 1 is 1.18 bits per heavy atom. The molecule has 0 saturated carbocycles. The number of rotatable bonds is 2. The molecule has 0 radical (unpaired) electrons. The van der Waals surface area contributed by atoms with Gasteiger partial charge in [0.15, 0.2) is 0 Å². The Hall–Kier alpha value is -2.17. The first-order valence-corrected chi connectivity index (χ1v) is 7.75. The molecule has 1 fully saturated rings. The lowest BCUT2D eigenvalue weighted by Crippen LogP contribution is -2.55. The van der Waals surface area contributed by atoms with Crippen LogP contribution in [0.3, 0.4) is 0 Å². The maximum atomic E-state index is 12.7. The van der Waals surface area contributed by atoms with Gasteiger partial charge in [0.2, 0.25) is 11.8 Å². The molecule has 0 bridgehead atoms. The summed E-state index contributed by atoms with van der Waals surface area (Å²) in [5.41, 5.74) is 2.96. The number of carbonyl (C=O) groups is 3. The lowest BCUT2D eigenvalue weighted by molar-refractivity contribution is -0.136.